The minimum atomic E-state index is 0.707. The highest BCUT2D eigenvalue weighted by Gasteiger charge is 2.10. The minimum Gasteiger partial charge on any atom is -0.495 e. The molecule has 3 nitrogen and oxygen atoms in total. The van der Waals surface area contributed by atoms with Crippen molar-refractivity contribution in [1.82, 2.24) is 4.98 Å². The van der Waals surface area contributed by atoms with Gasteiger partial charge >= 0.3 is 0 Å². The van der Waals surface area contributed by atoms with E-state index in [4.69, 9.17) is 4.74 Å². The van der Waals surface area contributed by atoms with E-state index in [0.29, 0.717) is 5.56 Å². The molecule has 0 bridgehead atoms. The second-order valence-electron chi connectivity index (χ2n) is 3.16. The molecule has 14 heavy (non-hydrogen) atoms. The largest absolute Gasteiger partial charge is 0.495 e. The number of hydrogen-bond donors (Lipinski definition) is 1. The van der Waals surface area contributed by atoms with Gasteiger partial charge in [-0.1, -0.05) is 12.1 Å². The van der Waals surface area contributed by atoms with Crippen LogP contribution in [-0.2, 0) is 0 Å². The van der Waals surface area contributed by atoms with Gasteiger partial charge in [-0.2, -0.15) is 0 Å². The van der Waals surface area contributed by atoms with Gasteiger partial charge in [0, 0.05) is 16.6 Å². The summed E-state index contributed by atoms with van der Waals surface area (Å²) in [6.07, 6.45) is 0.869. The number of ether oxygens (including phenoxy) is 1. The van der Waals surface area contributed by atoms with Crippen molar-refractivity contribution in [1.29, 1.82) is 0 Å². The van der Waals surface area contributed by atoms with Crippen LogP contribution in [0, 0.1) is 6.92 Å². The average molecular weight is 189 g/mol. The van der Waals surface area contributed by atoms with Crippen molar-refractivity contribution < 1.29 is 9.53 Å². The van der Waals surface area contributed by atoms with Crippen molar-refractivity contribution >= 4 is 17.2 Å². The van der Waals surface area contributed by atoms with Gasteiger partial charge in [0.2, 0.25) is 0 Å². The van der Waals surface area contributed by atoms with Crippen molar-refractivity contribution in [2.45, 2.75) is 6.92 Å². The van der Waals surface area contributed by atoms with Gasteiger partial charge in [0.25, 0.3) is 0 Å². The molecule has 0 aliphatic rings. The lowest BCUT2D eigenvalue weighted by Gasteiger charge is -1.99. The average Bonchev–Trinajstić information content (AvgIpc) is 2.52. The molecule has 1 heterocycles. The van der Waals surface area contributed by atoms with E-state index in [0.717, 1.165) is 28.6 Å². The van der Waals surface area contributed by atoms with Crippen molar-refractivity contribution in [3.05, 3.63) is 29.5 Å². The Morgan fingerprint density at radius 2 is 2.21 bits per heavy atom. The van der Waals surface area contributed by atoms with E-state index in [2.05, 4.69) is 4.98 Å². The van der Waals surface area contributed by atoms with Crippen LogP contribution in [0.2, 0.25) is 0 Å². The molecule has 0 unspecified atom stereocenters. The Kier molecular flexibility index (Phi) is 2.00. The smallest absolute Gasteiger partial charge is 0.152 e. The number of carbonyl (C=O) groups excluding carboxylic acids is 1. The zero-order valence-corrected chi connectivity index (χ0v) is 8.13. The number of H-pyrrole nitrogens is 1. The van der Waals surface area contributed by atoms with E-state index in [9.17, 15) is 4.79 Å². The molecule has 1 aromatic heterocycles. The number of aldehydes is 1. The molecule has 0 radical (unpaired) electrons. The Morgan fingerprint density at radius 3 is 2.86 bits per heavy atom. The first kappa shape index (κ1) is 8.81. The first-order chi connectivity index (χ1) is 6.77. The zero-order chi connectivity index (χ0) is 10.1. The lowest BCUT2D eigenvalue weighted by Crippen LogP contribution is -1.83. The quantitative estimate of drug-likeness (QED) is 0.736. The van der Waals surface area contributed by atoms with E-state index in [1.165, 1.54) is 0 Å². The summed E-state index contributed by atoms with van der Waals surface area (Å²) in [4.78, 5) is 14.0. The van der Waals surface area contributed by atoms with Gasteiger partial charge in [-0.15, -0.1) is 0 Å². The van der Waals surface area contributed by atoms with Crippen LogP contribution in [0.3, 0.4) is 0 Å². The van der Waals surface area contributed by atoms with Crippen LogP contribution < -0.4 is 4.74 Å². The van der Waals surface area contributed by atoms with Crippen LogP contribution >= 0.6 is 0 Å². The second-order valence-corrected chi connectivity index (χ2v) is 3.16. The van der Waals surface area contributed by atoms with E-state index >= 15 is 0 Å². The number of methoxy groups -OCH3 is 1. The Bertz CT molecular complexity index is 485. The number of rotatable bonds is 2. The SMILES string of the molecule is COc1cccc2c(C=O)c(C)[nH]c12. The fourth-order valence-electron chi connectivity index (χ4n) is 1.66. The molecule has 0 amide bonds. The summed E-state index contributed by atoms with van der Waals surface area (Å²) in [6, 6.07) is 5.65. The number of nitrogens with one attached hydrogen (secondary N) is 1. The maximum atomic E-state index is 10.8. The Labute approximate surface area is 81.7 Å². The molecule has 0 saturated heterocycles. The summed E-state index contributed by atoms with van der Waals surface area (Å²) in [5.74, 6) is 0.763. The standard InChI is InChI=1S/C11H11NO2/c1-7-9(6-13)8-4-3-5-10(14-2)11(8)12-7/h3-6,12H,1-2H3. The maximum absolute atomic E-state index is 10.8. The predicted molar refractivity (Wildman–Crippen MR) is 55.0 cm³/mol. The first-order valence-corrected chi connectivity index (χ1v) is 4.38. The van der Waals surface area contributed by atoms with Crippen LogP contribution in [0.5, 0.6) is 5.75 Å². The minimum absolute atomic E-state index is 0.707. The molecular weight excluding hydrogens is 178 g/mol. The second kappa shape index (κ2) is 3.18. The van der Waals surface area contributed by atoms with Crippen LogP contribution in [0.15, 0.2) is 18.2 Å². The molecule has 0 fully saturated rings. The van der Waals surface area contributed by atoms with Crippen molar-refractivity contribution in [2.24, 2.45) is 0 Å². The van der Waals surface area contributed by atoms with Crippen LogP contribution in [0.1, 0.15) is 16.1 Å². The third-order valence-corrected chi connectivity index (χ3v) is 2.37. The number of carbonyl (C=O) groups is 1. The van der Waals surface area contributed by atoms with Crippen molar-refractivity contribution in [3.8, 4) is 5.75 Å². The normalized spacial score (nSPS) is 10.4. The first-order valence-electron chi connectivity index (χ1n) is 4.38. The van der Waals surface area contributed by atoms with Gasteiger partial charge in [0.15, 0.2) is 6.29 Å². The Balaban J connectivity index is 2.85. The molecule has 72 valence electrons. The molecule has 3 heteroatoms. The molecule has 0 spiro atoms. The summed E-state index contributed by atoms with van der Waals surface area (Å²) in [7, 11) is 1.62. The van der Waals surface area contributed by atoms with Gasteiger partial charge in [-0.25, -0.2) is 0 Å². The summed E-state index contributed by atoms with van der Waals surface area (Å²) >= 11 is 0. The summed E-state index contributed by atoms with van der Waals surface area (Å²) in [5.41, 5.74) is 2.47. The monoisotopic (exact) mass is 189 g/mol. The number of hydrogen-bond acceptors (Lipinski definition) is 2. The fourth-order valence-corrected chi connectivity index (χ4v) is 1.66. The third-order valence-electron chi connectivity index (χ3n) is 2.37. The number of benzene rings is 1. The van der Waals surface area contributed by atoms with E-state index in [1.807, 2.05) is 25.1 Å². The number of aryl methyl sites for hydroxylation is 1. The number of fused-ring (bicyclic) bond motifs is 1. The van der Waals surface area contributed by atoms with Crippen LogP contribution in [0.4, 0.5) is 0 Å². The highest BCUT2D eigenvalue weighted by molar-refractivity contribution is 6.01. The maximum Gasteiger partial charge on any atom is 0.152 e. The lowest BCUT2D eigenvalue weighted by atomic mass is 10.1. The molecule has 0 aliphatic carbocycles. The molecule has 2 aromatic rings. The van der Waals surface area contributed by atoms with Gasteiger partial charge in [0.1, 0.15) is 5.75 Å². The van der Waals surface area contributed by atoms with Gasteiger partial charge in [-0.3, -0.25) is 4.79 Å². The fraction of sp³-hybridized carbons (Fsp3) is 0.182. The van der Waals surface area contributed by atoms with Crippen molar-refractivity contribution in [3.63, 3.8) is 0 Å². The molecule has 0 saturated carbocycles. The third kappa shape index (κ3) is 1.09. The Hall–Kier alpha value is -1.77. The van der Waals surface area contributed by atoms with E-state index < -0.39 is 0 Å². The highest BCUT2D eigenvalue weighted by Crippen LogP contribution is 2.28. The lowest BCUT2D eigenvalue weighted by molar-refractivity contribution is 0.112. The van der Waals surface area contributed by atoms with Crippen LogP contribution in [0.25, 0.3) is 10.9 Å². The molecule has 0 aliphatic heterocycles. The Morgan fingerprint density at radius 1 is 1.43 bits per heavy atom. The summed E-state index contributed by atoms with van der Waals surface area (Å²) in [6.45, 7) is 1.88. The molecular formula is C11H11NO2. The number of para-hydroxylation sites is 1. The molecule has 1 aromatic carbocycles. The molecule has 0 atom stereocenters. The number of aromatic amines is 1. The molecule has 1 N–H and O–H groups in total. The number of aromatic nitrogens is 1. The van der Waals surface area contributed by atoms with E-state index in [-0.39, 0.29) is 0 Å². The van der Waals surface area contributed by atoms with Gasteiger partial charge < -0.3 is 9.72 Å². The van der Waals surface area contributed by atoms with Gasteiger partial charge in [-0.05, 0) is 13.0 Å². The topological polar surface area (TPSA) is 42.1 Å². The summed E-state index contributed by atoms with van der Waals surface area (Å²) < 4.78 is 5.19. The van der Waals surface area contributed by atoms with Crippen molar-refractivity contribution in [2.75, 3.05) is 7.11 Å². The van der Waals surface area contributed by atoms with Crippen LogP contribution in [-0.4, -0.2) is 18.4 Å². The molecule has 2 rings (SSSR count). The summed E-state index contributed by atoms with van der Waals surface area (Å²) in [5, 5.41) is 0.914. The highest BCUT2D eigenvalue weighted by atomic mass is 16.5. The zero-order valence-electron chi connectivity index (χ0n) is 8.13. The van der Waals surface area contributed by atoms with Gasteiger partial charge in [0.05, 0.1) is 12.6 Å². The van der Waals surface area contributed by atoms with E-state index in [1.54, 1.807) is 7.11 Å². The predicted octanol–water partition coefficient (Wildman–Crippen LogP) is 2.30.